The number of methoxy groups -OCH3 is 3. The molecule has 1 fully saturated rings. The van der Waals surface area contributed by atoms with Crippen LogP contribution >= 0.6 is 0 Å². The second-order valence-electron chi connectivity index (χ2n) is 8.49. The Kier molecular flexibility index (Phi) is 7.31. The van der Waals surface area contributed by atoms with Crippen molar-refractivity contribution in [1.29, 1.82) is 0 Å². The van der Waals surface area contributed by atoms with Gasteiger partial charge in [-0.15, -0.1) is 0 Å². The zero-order chi connectivity index (χ0) is 25.2. The summed E-state index contributed by atoms with van der Waals surface area (Å²) in [5.74, 6) is 1.98. The molecule has 0 bridgehead atoms. The first kappa shape index (κ1) is 25.0. The van der Waals surface area contributed by atoms with Crippen molar-refractivity contribution in [3.8, 4) is 11.5 Å². The van der Waals surface area contributed by atoms with Crippen LogP contribution in [0.4, 0.5) is 4.79 Å². The second-order valence-corrected chi connectivity index (χ2v) is 8.49. The van der Waals surface area contributed by atoms with E-state index in [0.717, 1.165) is 5.56 Å². The molecule has 190 valence electrons. The van der Waals surface area contributed by atoms with Crippen LogP contribution in [0.1, 0.15) is 31.4 Å². The molecule has 35 heavy (non-hydrogen) atoms. The van der Waals surface area contributed by atoms with E-state index in [1.807, 2.05) is 26.0 Å². The van der Waals surface area contributed by atoms with Gasteiger partial charge in [-0.2, -0.15) is 0 Å². The summed E-state index contributed by atoms with van der Waals surface area (Å²) in [6.45, 7) is 5.69. The van der Waals surface area contributed by atoms with Crippen molar-refractivity contribution in [1.82, 2.24) is 5.32 Å². The summed E-state index contributed by atoms with van der Waals surface area (Å²) in [6, 6.07) is 3.76. The maximum atomic E-state index is 11.6. The Morgan fingerprint density at radius 1 is 1.20 bits per heavy atom. The summed E-state index contributed by atoms with van der Waals surface area (Å²) in [5.41, 5.74) is 3.06. The van der Waals surface area contributed by atoms with Gasteiger partial charge in [0.05, 0.1) is 40.0 Å². The van der Waals surface area contributed by atoms with E-state index < -0.39 is 6.09 Å². The minimum atomic E-state index is -1.44. The van der Waals surface area contributed by atoms with Gasteiger partial charge in [-0.05, 0) is 24.1 Å². The molecular formula is C24H31N3O8. The van der Waals surface area contributed by atoms with Crippen molar-refractivity contribution in [3.05, 3.63) is 40.6 Å². The largest absolute Gasteiger partial charge is 0.530 e. The number of ether oxygens (including phenoxy) is 6. The number of fused-ring (bicyclic) bond motifs is 1. The Hall–Kier alpha value is -3.12. The molecule has 1 saturated heterocycles. The zero-order valence-corrected chi connectivity index (χ0v) is 20.6. The molecule has 1 aromatic rings. The van der Waals surface area contributed by atoms with E-state index in [1.165, 1.54) is 0 Å². The molecule has 1 amide bonds. The lowest BCUT2D eigenvalue weighted by molar-refractivity contribution is -0.837. The Bertz CT molecular complexity index is 1070. The van der Waals surface area contributed by atoms with Gasteiger partial charge in [0.25, 0.3) is 0 Å². The van der Waals surface area contributed by atoms with E-state index in [9.17, 15) is 9.90 Å². The molecule has 1 atom stereocenters. The predicted molar refractivity (Wildman–Crippen MR) is 123 cm³/mol. The Morgan fingerprint density at radius 3 is 2.40 bits per heavy atom. The number of carbonyl (C=O) groups is 1. The Labute approximate surface area is 204 Å². The summed E-state index contributed by atoms with van der Waals surface area (Å²) in [6.07, 6.45) is -0.959. The van der Waals surface area contributed by atoms with Gasteiger partial charge < -0.3 is 43.6 Å². The fourth-order valence-corrected chi connectivity index (χ4v) is 4.86. The molecule has 0 spiro atoms. The van der Waals surface area contributed by atoms with E-state index in [2.05, 4.69) is 5.32 Å². The van der Waals surface area contributed by atoms with Crippen LogP contribution in [0.2, 0.25) is 0 Å². The molecule has 1 unspecified atom stereocenters. The van der Waals surface area contributed by atoms with Crippen molar-refractivity contribution in [2.24, 2.45) is 11.0 Å². The Morgan fingerprint density at radius 2 is 1.86 bits per heavy atom. The summed E-state index contributed by atoms with van der Waals surface area (Å²) in [7, 11) is 4.78. The number of carbonyl (C=O) groups excluding carboxylic acids is 1. The average Bonchev–Trinajstić information content (AvgIpc) is 3.27. The van der Waals surface area contributed by atoms with Crippen LogP contribution in [0.5, 0.6) is 11.5 Å². The molecule has 0 radical (unpaired) electrons. The number of nitrogens with zero attached hydrogens (tertiary/aromatic N) is 2. The van der Waals surface area contributed by atoms with E-state index >= 15 is 0 Å². The molecule has 3 heterocycles. The van der Waals surface area contributed by atoms with Crippen molar-refractivity contribution in [2.75, 3.05) is 47.9 Å². The third kappa shape index (κ3) is 4.47. The number of nitrogens with one attached hydrogen (secondary N) is 1. The first-order valence-electron chi connectivity index (χ1n) is 11.4. The van der Waals surface area contributed by atoms with Gasteiger partial charge in [-0.25, -0.2) is 0 Å². The number of hydrogen-bond donors (Lipinski definition) is 1. The monoisotopic (exact) mass is 489 g/mol. The predicted octanol–water partition coefficient (Wildman–Crippen LogP) is 1.89. The molecule has 3 aliphatic heterocycles. The van der Waals surface area contributed by atoms with Gasteiger partial charge in [0.15, 0.2) is 11.5 Å². The number of quaternary nitrogens is 1. The lowest BCUT2D eigenvalue weighted by Gasteiger charge is -2.32. The van der Waals surface area contributed by atoms with E-state index in [1.54, 1.807) is 21.3 Å². The molecule has 11 nitrogen and oxygen atoms in total. The highest BCUT2D eigenvalue weighted by atomic mass is 16.7. The fraction of sp³-hybridized carbons (Fsp3) is 0.500. The standard InChI is InChI=1S/C24H31N3O8/c1-6-17-21(25-24(28)29)23-27(26-17,9-16-11-33-13-34-12-16)22(14(2)35-23)20-18(31-4)7-15(10-30-3)8-19(20)32-5/h7-8,16,25H,6,9-13H2,1-5H3. The van der Waals surface area contributed by atoms with Crippen LogP contribution in [0.25, 0.3) is 5.70 Å². The third-order valence-corrected chi connectivity index (χ3v) is 6.15. The van der Waals surface area contributed by atoms with Crippen LogP contribution in [0.15, 0.2) is 34.6 Å². The number of hydrogen-bond acceptors (Lipinski definition) is 9. The minimum Gasteiger partial charge on any atom is -0.530 e. The van der Waals surface area contributed by atoms with Crippen LogP contribution in [0, 0.1) is 5.92 Å². The van der Waals surface area contributed by atoms with Gasteiger partial charge in [0.2, 0.25) is 5.70 Å². The summed E-state index contributed by atoms with van der Waals surface area (Å²) >= 11 is 0. The van der Waals surface area contributed by atoms with Gasteiger partial charge in [0.1, 0.15) is 42.2 Å². The topological polar surface area (TPSA) is 120 Å². The smallest absolute Gasteiger partial charge is 0.355 e. The maximum absolute atomic E-state index is 11.6. The second kappa shape index (κ2) is 10.2. The fourth-order valence-electron chi connectivity index (χ4n) is 4.86. The van der Waals surface area contributed by atoms with E-state index in [4.69, 9.17) is 33.5 Å². The van der Waals surface area contributed by atoms with Crippen molar-refractivity contribution in [3.63, 3.8) is 0 Å². The Balaban J connectivity index is 1.94. The van der Waals surface area contributed by atoms with Gasteiger partial charge in [-0.3, -0.25) is 0 Å². The van der Waals surface area contributed by atoms with Crippen molar-refractivity contribution < 1.29 is 42.9 Å². The van der Waals surface area contributed by atoms with Crippen molar-refractivity contribution in [2.45, 2.75) is 26.9 Å². The van der Waals surface area contributed by atoms with E-state index in [0.29, 0.717) is 72.9 Å². The average molecular weight is 490 g/mol. The third-order valence-electron chi connectivity index (χ3n) is 6.15. The van der Waals surface area contributed by atoms with Crippen LogP contribution < -0.4 is 19.9 Å². The first-order chi connectivity index (χ1) is 16.9. The number of benzene rings is 1. The zero-order valence-electron chi connectivity index (χ0n) is 20.6. The summed E-state index contributed by atoms with van der Waals surface area (Å²) in [5, 5.41) is 19.0. The lowest BCUT2D eigenvalue weighted by atomic mass is 10.0. The quantitative estimate of drug-likeness (QED) is 0.522. The molecule has 11 heteroatoms. The number of allylic oxidation sites excluding steroid dienone is 2. The molecule has 0 saturated carbocycles. The first-order valence-corrected chi connectivity index (χ1v) is 11.4. The highest BCUT2D eigenvalue weighted by Gasteiger charge is 2.58. The molecule has 0 aromatic heterocycles. The maximum Gasteiger partial charge on any atom is 0.355 e. The highest BCUT2D eigenvalue weighted by Crippen LogP contribution is 2.53. The minimum absolute atomic E-state index is 0.0304. The van der Waals surface area contributed by atoms with Crippen LogP contribution in [-0.2, 0) is 25.6 Å². The van der Waals surface area contributed by atoms with Gasteiger partial charge in [-0.1, -0.05) is 16.6 Å². The van der Waals surface area contributed by atoms with Gasteiger partial charge in [0, 0.05) is 14.0 Å². The number of carboxylic acid groups (broad SMARTS) is 1. The summed E-state index contributed by atoms with van der Waals surface area (Å²) in [4.78, 5) is 11.6. The normalized spacial score (nSPS) is 22.1. The SMILES string of the molecule is CCC1=N[N+]2(CC3COCOC3)C(=C1NC(=O)[O-])OC(C)=C2c1c(OC)cc(COC)cc1OC. The van der Waals surface area contributed by atoms with Crippen molar-refractivity contribution >= 4 is 17.5 Å². The molecule has 1 aromatic carbocycles. The highest BCUT2D eigenvalue weighted by molar-refractivity contribution is 6.03. The van der Waals surface area contributed by atoms with Gasteiger partial charge >= 0.3 is 5.88 Å². The van der Waals surface area contributed by atoms with E-state index in [-0.39, 0.29) is 23.0 Å². The molecule has 4 rings (SSSR count). The van der Waals surface area contributed by atoms with Crippen LogP contribution in [0.3, 0.4) is 0 Å². The summed E-state index contributed by atoms with van der Waals surface area (Å²) < 4.78 is 34.1. The number of rotatable bonds is 9. The van der Waals surface area contributed by atoms with Crippen LogP contribution in [-0.4, -0.2) is 64.3 Å². The molecule has 0 aliphatic carbocycles. The number of amides is 1. The molecule has 1 N–H and O–H groups in total. The molecular weight excluding hydrogens is 458 g/mol. The lowest BCUT2D eigenvalue weighted by Crippen LogP contribution is -2.45. The molecule has 3 aliphatic rings.